The first-order valence-corrected chi connectivity index (χ1v) is 9.88. The van der Waals surface area contributed by atoms with Gasteiger partial charge in [-0.2, -0.15) is 5.10 Å². The lowest BCUT2D eigenvalue weighted by Gasteiger charge is -2.38. The lowest BCUT2D eigenvalue weighted by Crippen LogP contribution is -2.54. The van der Waals surface area contributed by atoms with E-state index in [0.29, 0.717) is 19.5 Å². The van der Waals surface area contributed by atoms with Crippen LogP contribution in [0.2, 0.25) is 0 Å². The van der Waals surface area contributed by atoms with Crippen LogP contribution < -0.4 is 10.2 Å². The molecule has 2 amide bonds. The van der Waals surface area contributed by atoms with E-state index in [2.05, 4.69) is 10.4 Å². The van der Waals surface area contributed by atoms with Crippen molar-refractivity contribution in [3.05, 3.63) is 48.3 Å². The number of para-hydroxylation sites is 1. The molecule has 2 saturated heterocycles. The Labute approximate surface area is 177 Å². The molecule has 2 aromatic rings. The van der Waals surface area contributed by atoms with Gasteiger partial charge in [0.2, 0.25) is 11.8 Å². The molecule has 7 nitrogen and oxygen atoms in total. The van der Waals surface area contributed by atoms with Gasteiger partial charge in [-0.25, -0.2) is 0 Å². The van der Waals surface area contributed by atoms with E-state index in [-0.39, 0.29) is 36.1 Å². The number of carbonyl (C=O) groups is 2. The Morgan fingerprint density at radius 3 is 2.69 bits per heavy atom. The minimum Gasteiger partial charge on any atom is -0.333 e. The molecule has 3 heterocycles. The molecule has 3 atom stereocenters. The number of rotatable bonds is 4. The number of carbonyl (C=O) groups excluding carboxylic acids is 2. The van der Waals surface area contributed by atoms with E-state index in [1.54, 1.807) is 16.6 Å². The van der Waals surface area contributed by atoms with Crippen molar-refractivity contribution in [1.29, 1.82) is 0 Å². The molecule has 1 aromatic heterocycles. The number of likely N-dealkylation sites (N-methyl/N-ethyl adjacent to an activating group) is 1. The lowest BCUT2D eigenvalue weighted by molar-refractivity contribution is -0.142. The van der Waals surface area contributed by atoms with Crippen LogP contribution in [0.4, 0.5) is 5.69 Å². The number of hydrogen-bond donors (Lipinski definition) is 1. The molecule has 0 spiro atoms. The van der Waals surface area contributed by atoms with E-state index < -0.39 is 6.04 Å². The molecule has 29 heavy (non-hydrogen) atoms. The van der Waals surface area contributed by atoms with Gasteiger partial charge in [0, 0.05) is 51.5 Å². The quantitative estimate of drug-likeness (QED) is 0.823. The number of amides is 2. The largest absolute Gasteiger partial charge is 0.333 e. The summed E-state index contributed by atoms with van der Waals surface area (Å²) >= 11 is 0. The molecular weight excluding hydrogens is 390 g/mol. The van der Waals surface area contributed by atoms with Crippen LogP contribution in [0.3, 0.4) is 0 Å². The molecule has 1 N–H and O–H groups in total. The summed E-state index contributed by atoms with van der Waals surface area (Å²) in [5.74, 6) is -0.0361. The summed E-state index contributed by atoms with van der Waals surface area (Å²) in [6, 6.07) is 9.30. The minimum atomic E-state index is -0.406. The van der Waals surface area contributed by atoms with Gasteiger partial charge in [0.05, 0.1) is 12.1 Å². The van der Waals surface area contributed by atoms with Gasteiger partial charge in [-0.15, -0.1) is 12.4 Å². The van der Waals surface area contributed by atoms with E-state index in [9.17, 15) is 9.59 Å². The van der Waals surface area contributed by atoms with Crippen LogP contribution in [-0.2, 0) is 16.6 Å². The maximum Gasteiger partial charge on any atom is 0.249 e. The number of aromatic nitrogens is 2. The molecule has 156 valence electrons. The summed E-state index contributed by atoms with van der Waals surface area (Å²) in [6.45, 7) is 2.08. The highest BCUT2D eigenvalue weighted by atomic mass is 35.5. The maximum atomic E-state index is 13.3. The molecule has 2 aliphatic rings. The summed E-state index contributed by atoms with van der Waals surface area (Å²) in [4.78, 5) is 29.9. The maximum absolute atomic E-state index is 13.3. The van der Waals surface area contributed by atoms with Crippen molar-refractivity contribution in [3.8, 4) is 0 Å². The summed E-state index contributed by atoms with van der Waals surface area (Å²) in [7, 11) is 3.66. The van der Waals surface area contributed by atoms with Crippen molar-refractivity contribution in [2.24, 2.45) is 13.0 Å². The fraction of sp³-hybridized carbons (Fsp3) is 0.476. The Bertz CT molecular complexity index is 856. The summed E-state index contributed by atoms with van der Waals surface area (Å²) < 4.78 is 1.77. The molecule has 0 saturated carbocycles. The topological polar surface area (TPSA) is 70.5 Å². The second-order valence-corrected chi connectivity index (χ2v) is 7.75. The Morgan fingerprint density at radius 2 is 2.00 bits per heavy atom. The number of benzene rings is 1. The van der Waals surface area contributed by atoms with Gasteiger partial charge >= 0.3 is 0 Å². The molecule has 0 radical (unpaired) electrons. The van der Waals surface area contributed by atoms with Gasteiger partial charge in [0.25, 0.3) is 0 Å². The zero-order valence-corrected chi connectivity index (χ0v) is 17.6. The molecule has 4 rings (SSSR count). The fourth-order valence-electron chi connectivity index (χ4n) is 4.42. The third-order valence-electron chi connectivity index (χ3n) is 5.98. The Morgan fingerprint density at radius 1 is 1.24 bits per heavy atom. The summed E-state index contributed by atoms with van der Waals surface area (Å²) in [6.07, 6.45) is 5.40. The number of halogens is 1. The standard InChI is InChI=1S/C21H27N5O2.ClH/c1-24-14-15(11-23-24)17-12-22-13-18(17)20(27)25(2)19-9-6-10-26(21(19)28)16-7-4-3-5-8-16;/h3-5,7-8,11,14,17-19,22H,6,9-10,12-13H2,1-2H3;1H/t17-,18+,19?;/m1./s1. The third-order valence-corrected chi connectivity index (χ3v) is 5.98. The van der Waals surface area contributed by atoms with Crippen molar-refractivity contribution >= 4 is 29.9 Å². The molecule has 2 aliphatic heterocycles. The van der Waals surface area contributed by atoms with Crippen LogP contribution >= 0.6 is 12.4 Å². The van der Waals surface area contributed by atoms with Crippen LogP contribution in [-0.4, -0.2) is 59.2 Å². The van der Waals surface area contributed by atoms with E-state index in [0.717, 1.165) is 24.2 Å². The second kappa shape index (κ2) is 8.97. The number of hydrogen-bond acceptors (Lipinski definition) is 4. The molecule has 1 unspecified atom stereocenters. The predicted octanol–water partition coefficient (Wildman–Crippen LogP) is 1.80. The minimum absolute atomic E-state index is 0. The van der Waals surface area contributed by atoms with Crippen LogP contribution in [0.25, 0.3) is 0 Å². The number of anilines is 1. The van der Waals surface area contributed by atoms with Crippen molar-refractivity contribution in [2.75, 3.05) is 31.6 Å². The first-order chi connectivity index (χ1) is 13.6. The number of piperidine rings is 1. The molecule has 2 fully saturated rings. The van der Waals surface area contributed by atoms with Crippen LogP contribution in [0, 0.1) is 5.92 Å². The van der Waals surface area contributed by atoms with Crippen molar-refractivity contribution in [3.63, 3.8) is 0 Å². The van der Waals surface area contributed by atoms with E-state index >= 15 is 0 Å². The monoisotopic (exact) mass is 417 g/mol. The highest BCUT2D eigenvalue weighted by molar-refractivity contribution is 6.00. The fourth-order valence-corrected chi connectivity index (χ4v) is 4.42. The summed E-state index contributed by atoms with van der Waals surface area (Å²) in [5, 5.41) is 7.58. The van der Waals surface area contributed by atoms with E-state index in [1.165, 1.54) is 0 Å². The Hall–Kier alpha value is -2.38. The molecular formula is C21H28ClN5O2. The molecule has 0 bridgehead atoms. The van der Waals surface area contributed by atoms with Crippen molar-refractivity contribution in [2.45, 2.75) is 24.8 Å². The van der Waals surface area contributed by atoms with E-state index in [1.807, 2.05) is 54.7 Å². The SMILES string of the molecule is CN(C(=O)[C@H]1CNC[C@@H]1c1cnn(C)c1)C1CCCN(c2ccccc2)C1=O.Cl. The highest BCUT2D eigenvalue weighted by Gasteiger charge is 2.41. The normalized spacial score (nSPS) is 24.3. The third kappa shape index (κ3) is 4.16. The van der Waals surface area contributed by atoms with Crippen molar-refractivity contribution < 1.29 is 9.59 Å². The Kier molecular flexibility index (Phi) is 6.59. The average molecular weight is 418 g/mol. The number of nitrogens with one attached hydrogen (secondary N) is 1. The molecule has 0 aliphatic carbocycles. The lowest BCUT2D eigenvalue weighted by atomic mass is 9.89. The smallest absolute Gasteiger partial charge is 0.249 e. The first-order valence-electron chi connectivity index (χ1n) is 9.88. The number of aryl methyl sites for hydroxylation is 1. The van der Waals surface area contributed by atoms with Gasteiger partial charge in [0.15, 0.2) is 0 Å². The highest BCUT2D eigenvalue weighted by Crippen LogP contribution is 2.31. The molecule has 8 heteroatoms. The van der Waals surface area contributed by atoms with Gasteiger partial charge in [-0.1, -0.05) is 18.2 Å². The summed E-state index contributed by atoms with van der Waals surface area (Å²) in [5.41, 5.74) is 1.97. The van der Waals surface area contributed by atoms with Crippen molar-refractivity contribution in [1.82, 2.24) is 20.0 Å². The first kappa shape index (κ1) is 21.3. The van der Waals surface area contributed by atoms with Gasteiger partial charge in [-0.05, 0) is 30.5 Å². The van der Waals surface area contributed by atoms with Crippen LogP contribution in [0.15, 0.2) is 42.7 Å². The van der Waals surface area contributed by atoms with Crippen LogP contribution in [0.1, 0.15) is 24.3 Å². The van der Waals surface area contributed by atoms with Crippen LogP contribution in [0.5, 0.6) is 0 Å². The second-order valence-electron chi connectivity index (χ2n) is 7.75. The number of nitrogens with zero attached hydrogens (tertiary/aromatic N) is 4. The average Bonchev–Trinajstić information content (AvgIpc) is 3.36. The zero-order chi connectivity index (χ0) is 19.7. The van der Waals surface area contributed by atoms with Gasteiger partial charge in [-0.3, -0.25) is 14.3 Å². The van der Waals surface area contributed by atoms with E-state index in [4.69, 9.17) is 0 Å². The van der Waals surface area contributed by atoms with Gasteiger partial charge < -0.3 is 15.1 Å². The zero-order valence-electron chi connectivity index (χ0n) is 16.8. The predicted molar refractivity (Wildman–Crippen MR) is 114 cm³/mol. The molecule has 1 aromatic carbocycles. The van der Waals surface area contributed by atoms with Gasteiger partial charge in [0.1, 0.15) is 6.04 Å². The Balaban J connectivity index is 0.00000240.